The first-order valence-corrected chi connectivity index (χ1v) is 9.52. The van der Waals surface area contributed by atoms with Crippen molar-refractivity contribution in [2.75, 3.05) is 7.11 Å². The molecule has 0 bridgehead atoms. The maximum absolute atomic E-state index is 13.0. The van der Waals surface area contributed by atoms with Crippen LogP contribution in [0.2, 0.25) is 0 Å². The van der Waals surface area contributed by atoms with Crippen molar-refractivity contribution < 1.29 is 9.13 Å². The standard InChI is InChI=1S/C22H30FNO/c1-3-4-6-18-8-10-19(11-9-18)20-12-15-22(25-2,16-13-20)14-5-7-21(23)17-24/h7-11,20H,3-6,12-16H2,1-2H3/t20-,22+. The highest BCUT2D eigenvalue weighted by molar-refractivity contribution is 5.26. The third-order valence-corrected chi connectivity index (χ3v) is 5.63. The van der Waals surface area contributed by atoms with E-state index in [1.54, 1.807) is 7.11 Å². The zero-order valence-electron chi connectivity index (χ0n) is 15.6. The molecule has 0 spiro atoms. The second-order valence-electron chi connectivity index (χ2n) is 7.21. The molecule has 0 saturated heterocycles. The van der Waals surface area contributed by atoms with E-state index in [4.69, 9.17) is 10.00 Å². The Hall–Kier alpha value is -1.66. The molecule has 3 heteroatoms. The minimum absolute atomic E-state index is 0.163. The summed E-state index contributed by atoms with van der Waals surface area (Å²) in [7, 11) is 1.76. The Morgan fingerprint density at radius 1 is 1.32 bits per heavy atom. The predicted octanol–water partition coefficient (Wildman–Crippen LogP) is 6.23. The smallest absolute Gasteiger partial charge is 0.196 e. The highest BCUT2D eigenvalue weighted by Gasteiger charge is 2.35. The number of aryl methyl sites for hydroxylation is 1. The van der Waals surface area contributed by atoms with Crippen LogP contribution in [0.3, 0.4) is 0 Å². The number of rotatable bonds is 8. The molecule has 1 fully saturated rings. The van der Waals surface area contributed by atoms with Crippen LogP contribution in [-0.4, -0.2) is 12.7 Å². The van der Waals surface area contributed by atoms with Crippen LogP contribution >= 0.6 is 0 Å². The molecule has 1 aliphatic carbocycles. The van der Waals surface area contributed by atoms with E-state index < -0.39 is 5.83 Å². The molecule has 0 amide bonds. The van der Waals surface area contributed by atoms with Gasteiger partial charge in [-0.1, -0.05) is 37.6 Å². The Kier molecular flexibility index (Phi) is 7.65. The molecule has 1 saturated carbocycles. The number of halogens is 1. The maximum Gasteiger partial charge on any atom is 0.196 e. The zero-order valence-corrected chi connectivity index (χ0v) is 15.6. The first-order chi connectivity index (χ1) is 12.1. The second kappa shape index (κ2) is 9.73. The SMILES string of the molecule is CCCCc1ccc([C@H]2CC[C@@](CCC=C(F)C#N)(OC)CC2)cc1. The van der Waals surface area contributed by atoms with E-state index in [0.717, 1.165) is 32.1 Å². The summed E-state index contributed by atoms with van der Waals surface area (Å²) in [5.74, 6) is -0.0991. The lowest BCUT2D eigenvalue weighted by Crippen LogP contribution is -2.35. The maximum atomic E-state index is 13.0. The third-order valence-electron chi connectivity index (χ3n) is 5.63. The fourth-order valence-corrected chi connectivity index (χ4v) is 3.88. The predicted molar refractivity (Wildman–Crippen MR) is 100 cm³/mol. The first kappa shape index (κ1) is 19.7. The van der Waals surface area contributed by atoms with E-state index in [2.05, 4.69) is 31.2 Å². The van der Waals surface area contributed by atoms with Gasteiger partial charge in [0.1, 0.15) is 6.07 Å². The Labute approximate surface area is 151 Å². The number of nitriles is 1. The lowest BCUT2D eigenvalue weighted by Gasteiger charge is -2.39. The topological polar surface area (TPSA) is 33.0 Å². The van der Waals surface area contributed by atoms with Gasteiger partial charge in [-0.15, -0.1) is 0 Å². The van der Waals surface area contributed by atoms with E-state index >= 15 is 0 Å². The number of benzene rings is 1. The van der Waals surface area contributed by atoms with Gasteiger partial charge in [-0.3, -0.25) is 0 Å². The number of hydrogen-bond donors (Lipinski definition) is 0. The van der Waals surface area contributed by atoms with Crippen LogP contribution in [0.5, 0.6) is 0 Å². The summed E-state index contributed by atoms with van der Waals surface area (Å²) in [4.78, 5) is 0. The number of allylic oxidation sites excluding steroid dienone is 2. The number of ether oxygens (including phenoxy) is 1. The minimum Gasteiger partial charge on any atom is -0.378 e. The van der Waals surface area contributed by atoms with Crippen molar-refractivity contribution in [1.82, 2.24) is 0 Å². The Bertz CT molecular complexity index is 591. The summed E-state index contributed by atoms with van der Waals surface area (Å²) in [6.07, 6.45) is 10.6. The van der Waals surface area contributed by atoms with Crippen molar-refractivity contribution in [3.8, 4) is 6.07 Å². The van der Waals surface area contributed by atoms with Crippen LogP contribution < -0.4 is 0 Å². The van der Waals surface area contributed by atoms with Crippen molar-refractivity contribution >= 4 is 0 Å². The molecule has 0 heterocycles. The summed E-state index contributed by atoms with van der Waals surface area (Å²) in [6, 6.07) is 10.7. The zero-order chi connectivity index (χ0) is 18.1. The molecular formula is C22H30FNO. The summed E-state index contributed by atoms with van der Waals surface area (Å²) < 4.78 is 18.8. The van der Waals surface area contributed by atoms with Gasteiger partial charge in [0, 0.05) is 7.11 Å². The molecule has 0 aliphatic heterocycles. The van der Waals surface area contributed by atoms with Crippen LogP contribution in [-0.2, 0) is 11.2 Å². The monoisotopic (exact) mass is 343 g/mol. The van der Waals surface area contributed by atoms with Gasteiger partial charge in [-0.25, -0.2) is 0 Å². The molecule has 136 valence electrons. The molecule has 0 atom stereocenters. The molecule has 0 N–H and O–H groups in total. The van der Waals surface area contributed by atoms with E-state index in [9.17, 15) is 4.39 Å². The fourth-order valence-electron chi connectivity index (χ4n) is 3.88. The summed E-state index contributed by atoms with van der Waals surface area (Å²) >= 11 is 0. The van der Waals surface area contributed by atoms with Crippen molar-refractivity contribution in [3.63, 3.8) is 0 Å². The van der Waals surface area contributed by atoms with Gasteiger partial charge in [-0.05, 0) is 74.5 Å². The lowest BCUT2D eigenvalue weighted by atomic mass is 9.74. The molecule has 1 aromatic carbocycles. The van der Waals surface area contributed by atoms with Gasteiger partial charge in [0.2, 0.25) is 0 Å². The molecule has 0 radical (unpaired) electrons. The van der Waals surface area contributed by atoms with E-state index in [1.165, 1.54) is 42.5 Å². The van der Waals surface area contributed by atoms with Crippen LogP contribution in [0.25, 0.3) is 0 Å². The van der Waals surface area contributed by atoms with Crippen molar-refractivity contribution in [2.24, 2.45) is 0 Å². The van der Waals surface area contributed by atoms with Crippen LogP contribution in [0, 0.1) is 11.3 Å². The van der Waals surface area contributed by atoms with Gasteiger partial charge >= 0.3 is 0 Å². The molecule has 0 aromatic heterocycles. The minimum atomic E-state index is -0.692. The average molecular weight is 343 g/mol. The summed E-state index contributed by atoms with van der Waals surface area (Å²) in [6.45, 7) is 2.23. The summed E-state index contributed by atoms with van der Waals surface area (Å²) in [5, 5.41) is 8.50. The third kappa shape index (κ3) is 5.68. The molecule has 0 unspecified atom stereocenters. The number of hydrogen-bond acceptors (Lipinski definition) is 2. The summed E-state index contributed by atoms with van der Waals surface area (Å²) in [5.41, 5.74) is 2.70. The number of methoxy groups -OCH3 is 1. The first-order valence-electron chi connectivity index (χ1n) is 9.52. The molecular weight excluding hydrogens is 313 g/mol. The van der Waals surface area contributed by atoms with E-state index in [0.29, 0.717) is 12.3 Å². The van der Waals surface area contributed by atoms with Crippen LogP contribution in [0.4, 0.5) is 4.39 Å². The average Bonchev–Trinajstić information content (AvgIpc) is 2.67. The van der Waals surface area contributed by atoms with Gasteiger partial charge in [0.15, 0.2) is 5.83 Å². The van der Waals surface area contributed by atoms with Crippen molar-refractivity contribution in [1.29, 1.82) is 5.26 Å². The number of unbranched alkanes of at least 4 members (excludes halogenated alkanes) is 1. The normalized spacial score (nSPS) is 24.1. The molecule has 2 rings (SSSR count). The Balaban J connectivity index is 1.89. The fraction of sp³-hybridized carbons (Fsp3) is 0.591. The number of nitrogens with zero attached hydrogens (tertiary/aromatic N) is 1. The van der Waals surface area contributed by atoms with Gasteiger partial charge in [-0.2, -0.15) is 9.65 Å². The second-order valence-corrected chi connectivity index (χ2v) is 7.21. The highest BCUT2D eigenvalue weighted by Crippen LogP contribution is 2.42. The largest absolute Gasteiger partial charge is 0.378 e. The van der Waals surface area contributed by atoms with Crippen molar-refractivity contribution in [2.45, 2.75) is 76.2 Å². The van der Waals surface area contributed by atoms with E-state index in [-0.39, 0.29) is 5.60 Å². The van der Waals surface area contributed by atoms with Gasteiger partial charge in [0.25, 0.3) is 0 Å². The van der Waals surface area contributed by atoms with Crippen molar-refractivity contribution in [3.05, 3.63) is 47.3 Å². The molecule has 1 aromatic rings. The van der Waals surface area contributed by atoms with Crippen LogP contribution in [0.15, 0.2) is 36.2 Å². The highest BCUT2D eigenvalue weighted by atomic mass is 19.1. The quantitative estimate of drug-likeness (QED) is 0.524. The lowest BCUT2D eigenvalue weighted by molar-refractivity contribution is -0.0483. The van der Waals surface area contributed by atoms with Gasteiger partial charge < -0.3 is 4.74 Å². The molecule has 1 aliphatic rings. The van der Waals surface area contributed by atoms with Gasteiger partial charge in [0.05, 0.1) is 5.60 Å². The molecule has 2 nitrogen and oxygen atoms in total. The Morgan fingerprint density at radius 3 is 2.56 bits per heavy atom. The Morgan fingerprint density at radius 2 is 2.00 bits per heavy atom. The molecule has 25 heavy (non-hydrogen) atoms. The van der Waals surface area contributed by atoms with Crippen LogP contribution in [0.1, 0.15) is 75.3 Å². The van der Waals surface area contributed by atoms with E-state index in [1.807, 2.05) is 0 Å².